The molecule has 2 atom stereocenters. The summed E-state index contributed by atoms with van der Waals surface area (Å²) in [5, 5.41) is 1.65. The summed E-state index contributed by atoms with van der Waals surface area (Å²) in [6, 6.07) is -0.450. The van der Waals surface area contributed by atoms with Crippen molar-refractivity contribution in [2.45, 2.75) is 23.6 Å². The third kappa shape index (κ3) is 2.81. The molecule has 2 aromatic heterocycles. The first kappa shape index (κ1) is 15.2. The average molecular weight is 352 g/mol. The molecule has 2 aromatic rings. The van der Waals surface area contributed by atoms with E-state index in [0.29, 0.717) is 18.0 Å². The molecule has 0 amide bonds. The summed E-state index contributed by atoms with van der Waals surface area (Å²) < 4.78 is 39.9. The molecule has 1 fully saturated rings. The van der Waals surface area contributed by atoms with Crippen LogP contribution in [0.2, 0.25) is 5.15 Å². The smallest absolute Gasteiger partial charge is 0.260 e. The highest BCUT2D eigenvalue weighted by molar-refractivity contribution is 7.89. The summed E-state index contributed by atoms with van der Waals surface area (Å²) in [6.45, 7) is 0.819. The Morgan fingerprint density at radius 2 is 2.43 bits per heavy atom. The van der Waals surface area contributed by atoms with E-state index in [-0.39, 0.29) is 22.9 Å². The van der Waals surface area contributed by atoms with Gasteiger partial charge in [-0.2, -0.15) is 0 Å². The maximum Gasteiger partial charge on any atom is 0.260 e. The van der Waals surface area contributed by atoms with Crippen molar-refractivity contribution in [1.82, 2.24) is 14.1 Å². The lowest BCUT2D eigenvalue weighted by molar-refractivity contribution is -0.0305. The highest BCUT2D eigenvalue weighted by atomic mass is 35.5. The van der Waals surface area contributed by atoms with Crippen molar-refractivity contribution < 1.29 is 17.9 Å². The van der Waals surface area contributed by atoms with E-state index in [4.69, 9.17) is 21.1 Å². The van der Waals surface area contributed by atoms with Gasteiger partial charge in [-0.25, -0.2) is 18.1 Å². The van der Waals surface area contributed by atoms with Gasteiger partial charge in [-0.3, -0.25) is 4.40 Å². The fourth-order valence-electron chi connectivity index (χ4n) is 2.34. The molecule has 3 rings (SSSR count). The van der Waals surface area contributed by atoms with E-state index < -0.39 is 16.1 Å². The molecule has 21 heavy (non-hydrogen) atoms. The zero-order chi connectivity index (χ0) is 15.0. The van der Waals surface area contributed by atoms with Crippen LogP contribution < -0.4 is 4.72 Å². The Morgan fingerprint density at radius 1 is 1.62 bits per heavy atom. The van der Waals surface area contributed by atoms with Crippen molar-refractivity contribution in [2.24, 2.45) is 0 Å². The summed E-state index contributed by atoms with van der Waals surface area (Å²) in [6.07, 6.45) is 2.04. The molecule has 7 nitrogen and oxygen atoms in total. The SMILES string of the molecule is CO[C@@H]1CCOC[C@H]1NS(=O)(=O)c1c(Cl)nc2sccn12. The number of methoxy groups -OCH3 is 1. The molecule has 3 heterocycles. The number of halogens is 1. The molecule has 1 N–H and O–H groups in total. The topological polar surface area (TPSA) is 81.9 Å². The van der Waals surface area contributed by atoms with Crippen LogP contribution in [0, 0.1) is 0 Å². The fraction of sp³-hybridized carbons (Fsp3) is 0.545. The number of rotatable bonds is 4. The molecule has 0 radical (unpaired) electrons. The van der Waals surface area contributed by atoms with Crippen LogP contribution in [0.5, 0.6) is 0 Å². The lowest BCUT2D eigenvalue weighted by atomic mass is 10.1. The molecule has 1 saturated heterocycles. The molecule has 0 saturated carbocycles. The lowest BCUT2D eigenvalue weighted by Crippen LogP contribution is -2.50. The zero-order valence-corrected chi connectivity index (χ0v) is 13.5. The second-order valence-corrected chi connectivity index (χ2v) is 7.49. The zero-order valence-electron chi connectivity index (χ0n) is 11.2. The number of fused-ring (bicyclic) bond motifs is 1. The highest BCUT2D eigenvalue weighted by Gasteiger charge is 2.33. The minimum absolute atomic E-state index is 0.0416. The van der Waals surface area contributed by atoms with Crippen LogP contribution in [0.25, 0.3) is 4.96 Å². The molecule has 10 heteroatoms. The highest BCUT2D eigenvalue weighted by Crippen LogP contribution is 2.26. The molecule has 0 aromatic carbocycles. The molecule has 0 bridgehead atoms. The summed E-state index contributed by atoms with van der Waals surface area (Å²) in [4.78, 5) is 4.57. The maximum atomic E-state index is 12.6. The first-order chi connectivity index (χ1) is 10.0. The van der Waals surface area contributed by atoms with Gasteiger partial charge in [0, 0.05) is 25.3 Å². The van der Waals surface area contributed by atoms with E-state index in [1.165, 1.54) is 15.7 Å². The van der Waals surface area contributed by atoms with E-state index in [2.05, 4.69) is 9.71 Å². The molecule has 0 unspecified atom stereocenters. The number of sulfonamides is 1. The first-order valence-corrected chi connectivity index (χ1v) is 9.01. The molecule has 116 valence electrons. The van der Waals surface area contributed by atoms with Crippen LogP contribution in [-0.4, -0.2) is 50.3 Å². The normalized spacial score (nSPS) is 23.7. The third-order valence-electron chi connectivity index (χ3n) is 3.34. The second kappa shape index (κ2) is 5.82. The lowest BCUT2D eigenvalue weighted by Gasteiger charge is -2.30. The van der Waals surface area contributed by atoms with Crippen LogP contribution in [0.15, 0.2) is 16.6 Å². The van der Waals surface area contributed by atoms with Crippen molar-refractivity contribution in [3.05, 3.63) is 16.7 Å². The summed E-state index contributed by atoms with van der Waals surface area (Å²) >= 11 is 7.29. The number of nitrogens with one attached hydrogen (secondary N) is 1. The molecule has 1 aliphatic rings. The molecule has 1 aliphatic heterocycles. The largest absolute Gasteiger partial charge is 0.380 e. The van der Waals surface area contributed by atoms with E-state index in [1.54, 1.807) is 18.7 Å². The van der Waals surface area contributed by atoms with E-state index >= 15 is 0 Å². The van der Waals surface area contributed by atoms with Crippen molar-refractivity contribution in [3.63, 3.8) is 0 Å². The average Bonchev–Trinajstić information content (AvgIpc) is 2.98. The van der Waals surface area contributed by atoms with Gasteiger partial charge in [-0.1, -0.05) is 11.6 Å². The Kier molecular flexibility index (Phi) is 4.21. The Labute approximate surface area is 130 Å². The van der Waals surface area contributed by atoms with Crippen molar-refractivity contribution in [3.8, 4) is 0 Å². The van der Waals surface area contributed by atoms with Gasteiger partial charge >= 0.3 is 0 Å². The van der Waals surface area contributed by atoms with E-state index in [0.717, 1.165) is 0 Å². The maximum absolute atomic E-state index is 12.6. The minimum atomic E-state index is -3.82. The van der Waals surface area contributed by atoms with Crippen molar-refractivity contribution in [1.29, 1.82) is 0 Å². The van der Waals surface area contributed by atoms with Gasteiger partial charge in [0.2, 0.25) is 0 Å². The quantitative estimate of drug-likeness (QED) is 0.893. The van der Waals surface area contributed by atoms with Crippen LogP contribution in [0.1, 0.15) is 6.42 Å². The second-order valence-electron chi connectivity index (χ2n) is 4.63. The van der Waals surface area contributed by atoms with Gasteiger partial charge in [0.05, 0.1) is 18.8 Å². The monoisotopic (exact) mass is 351 g/mol. The number of ether oxygens (including phenoxy) is 2. The van der Waals surface area contributed by atoms with Gasteiger partial charge in [-0.05, 0) is 6.42 Å². The van der Waals surface area contributed by atoms with Gasteiger partial charge in [-0.15, -0.1) is 11.3 Å². The number of nitrogens with zero attached hydrogens (tertiary/aromatic N) is 2. The van der Waals surface area contributed by atoms with Crippen LogP contribution >= 0.6 is 22.9 Å². The van der Waals surface area contributed by atoms with E-state index in [9.17, 15) is 8.42 Å². The summed E-state index contributed by atoms with van der Waals surface area (Å²) in [5.74, 6) is 0. The van der Waals surface area contributed by atoms with Crippen molar-refractivity contribution in [2.75, 3.05) is 20.3 Å². The predicted molar refractivity (Wildman–Crippen MR) is 78.4 cm³/mol. The standard InChI is InChI=1S/C11H14ClN3O4S2/c1-18-8-2-4-19-6-7(8)14-21(16,17)10-9(12)13-11-15(10)3-5-20-11/h3,5,7-8,14H,2,4,6H2,1H3/t7-,8-/m1/s1. The van der Waals surface area contributed by atoms with E-state index in [1.807, 2.05) is 0 Å². The third-order valence-corrected chi connectivity index (χ3v) is 5.98. The summed E-state index contributed by atoms with van der Waals surface area (Å²) in [7, 11) is -2.27. The number of hydrogen-bond acceptors (Lipinski definition) is 6. The molecule has 0 spiro atoms. The minimum Gasteiger partial charge on any atom is -0.380 e. The van der Waals surface area contributed by atoms with Crippen LogP contribution in [0.3, 0.4) is 0 Å². The van der Waals surface area contributed by atoms with Gasteiger partial charge in [0.25, 0.3) is 10.0 Å². The predicted octanol–water partition coefficient (Wildman–Crippen LogP) is 1.13. The van der Waals surface area contributed by atoms with Gasteiger partial charge in [0.15, 0.2) is 15.1 Å². The summed E-state index contributed by atoms with van der Waals surface area (Å²) in [5.41, 5.74) is 0. The molecular weight excluding hydrogens is 338 g/mol. The molecular formula is C11H14ClN3O4S2. The Morgan fingerprint density at radius 3 is 3.19 bits per heavy atom. The van der Waals surface area contributed by atoms with Crippen LogP contribution in [0.4, 0.5) is 0 Å². The first-order valence-electron chi connectivity index (χ1n) is 6.27. The number of aromatic nitrogens is 2. The van der Waals surface area contributed by atoms with Gasteiger partial charge in [0.1, 0.15) is 0 Å². The Balaban J connectivity index is 1.93. The van der Waals surface area contributed by atoms with Crippen LogP contribution in [-0.2, 0) is 19.5 Å². The molecule has 0 aliphatic carbocycles. The fourth-order valence-corrected chi connectivity index (χ4v) is 5.05. The van der Waals surface area contributed by atoms with Gasteiger partial charge < -0.3 is 9.47 Å². The number of thiazole rings is 1. The number of hydrogen-bond donors (Lipinski definition) is 1. The Hall–Kier alpha value is -0.710. The number of imidazole rings is 1. The Bertz CT molecular complexity index is 742. The van der Waals surface area contributed by atoms with Crippen molar-refractivity contribution >= 4 is 37.9 Å².